The first-order chi connectivity index (χ1) is 14.0. The zero-order valence-corrected chi connectivity index (χ0v) is 16.2. The molecule has 152 valence electrons. The second-order valence-electron chi connectivity index (χ2n) is 6.94. The predicted octanol–water partition coefficient (Wildman–Crippen LogP) is 2.61. The van der Waals surface area contributed by atoms with E-state index in [4.69, 9.17) is 4.74 Å². The summed E-state index contributed by atoms with van der Waals surface area (Å²) in [5.41, 5.74) is 1.03. The number of ether oxygens (including phenoxy) is 1. The minimum absolute atomic E-state index is 0.00335. The zero-order valence-electron chi connectivity index (χ0n) is 16.2. The van der Waals surface area contributed by atoms with Gasteiger partial charge in [0.15, 0.2) is 5.82 Å². The number of aromatic nitrogens is 5. The van der Waals surface area contributed by atoms with Gasteiger partial charge in [-0.1, -0.05) is 6.58 Å². The van der Waals surface area contributed by atoms with Crippen LogP contribution in [0.5, 0.6) is 5.88 Å². The second kappa shape index (κ2) is 7.53. The molecule has 1 fully saturated rings. The molecule has 4 rings (SSSR count). The number of aromatic amines is 1. The van der Waals surface area contributed by atoms with Crippen molar-refractivity contribution in [2.75, 3.05) is 11.9 Å². The first kappa shape index (κ1) is 18.9. The van der Waals surface area contributed by atoms with E-state index in [9.17, 15) is 9.18 Å². The van der Waals surface area contributed by atoms with E-state index in [1.165, 1.54) is 12.3 Å². The second-order valence-corrected chi connectivity index (χ2v) is 6.94. The number of carbonyl (C=O) groups excluding carboxylic acids is 1. The van der Waals surface area contributed by atoms with E-state index < -0.39 is 5.82 Å². The predicted molar refractivity (Wildman–Crippen MR) is 105 cm³/mol. The summed E-state index contributed by atoms with van der Waals surface area (Å²) >= 11 is 0. The van der Waals surface area contributed by atoms with Gasteiger partial charge in [0.1, 0.15) is 17.1 Å². The van der Waals surface area contributed by atoms with Crippen LogP contribution in [0.2, 0.25) is 0 Å². The highest BCUT2D eigenvalue weighted by molar-refractivity contribution is 5.87. The third-order valence-corrected chi connectivity index (χ3v) is 4.94. The molecule has 1 amide bonds. The van der Waals surface area contributed by atoms with Gasteiger partial charge in [-0.3, -0.25) is 9.48 Å². The first-order valence-electron chi connectivity index (χ1n) is 9.42. The molecule has 0 aliphatic carbocycles. The number of hydrogen-bond acceptors (Lipinski definition) is 6. The fourth-order valence-corrected chi connectivity index (χ4v) is 3.48. The van der Waals surface area contributed by atoms with Gasteiger partial charge >= 0.3 is 0 Å². The smallest absolute Gasteiger partial charge is 0.246 e. The lowest BCUT2D eigenvalue weighted by Crippen LogP contribution is -2.33. The molecule has 0 bridgehead atoms. The molecule has 0 saturated carbocycles. The maximum absolute atomic E-state index is 14.3. The molecule has 1 aliphatic rings. The van der Waals surface area contributed by atoms with Crippen molar-refractivity contribution in [1.82, 2.24) is 29.6 Å². The van der Waals surface area contributed by atoms with Crippen molar-refractivity contribution in [2.24, 2.45) is 0 Å². The van der Waals surface area contributed by atoms with Gasteiger partial charge in [-0.25, -0.2) is 4.39 Å². The Bertz CT molecular complexity index is 1060. The number of likely N-dealkylation sites (tertiary alicyclic amines) is 1. The van der Waals surface area contributed by atoms with Gasteiger partial charge in [-0.05, 0) is 19.9 Å². The summed E-state index contributed by atoms with van der Waals surface area (Å²) in [6.45, 7) is 8.57. The number of rotatable bonds is 6. The van der Waals surface area contributed by atoms with Gasteiger partial charge in [0.05, 0.1) is 18.4 Å². The van der Waals surface area contributed by atoms with Crippen LogP contribution >= 0.6 is 0 Å². The van der Waals surface area contributed by atoms with Crippen LogP contribution in [0.4, 0.5) is 16.0 Å². The van der Waals surface area contributed by atoms with Gasteiger partial charge in [0, 0.05) is 31.4 Å². The van der Waals surface area contributed by atoms with Crippen LogP contribution in [0.3, 0.4) is 0 Å². The molecule has 0 unspecified atom stereocenters. The largest absolute Gasteiger partial charge is 0.472 e. The Kier molecular flexibility index (Phi) is 4.91. The summed E-state index contributed by atoms with van der Waals surface area (Å²) in [7, 11) is 0. The van der Waals surface area contributed by atoms with E-state index in [1.54, 1.807) is 15.8 Å². The number of aryl methyl sites for hydroxylation is 1. The summed E-state index contributed by atoms with van der Waals surface area (Å²) in [6.07, 6.45) is 6.29. The van der Waals surface area contributed by atoms with Crippen molar-refractivity contribution in [1.29, 1.82) is 0 Å². The number of H-pyrrole nitrogens is 1. The van der Waals surface area contributed by atoms with Gasteiger partial charge in [0.25, 0.3) is 0 Å². The molecular formula is C19H22FN7O2. The molecule has 0 spiro atoms. The SMILES string of the molecule is C=CC(=O)N1C[C@H](Oc2nc(Nc3cnn(CC)c3)nc3[nH]cc(F)c23)C[C@@H]1C. The minimum atomic E-state index is -0.495. The number of hydrogen-bond donors (Lipinski definition) is 2. The topological polar surface area (TPSA) is 101 Å². The van der Waals surface area contributed by atoms with E-state index >= 15 is 0 Å². The highest BCUT2D eigenvalue weighted by Crippen LogP contribution is 2.30. The maximum Gasteiger partial charge on any atom is 0.246 e. The molecule has 10 heteroatoms. The van der Waals surface area contributed by atoms with Gasteiger partial charge < -0.3 is 19.9 Å². The van der Waals surface area contributed by atoms with Crippen molar-refractivity contribution in [3.05, 3.63) is 37.1 Å². The number of amides is 1. The zero-order chi connectivity index (χ0) is 20.5. The summed E-state index contributed by atoms with van der Waals surface area (Å²) in [4.78, 5) is 25.2. The molecule has 1 aliphatic heterocycles. The average Bonchev–Trinajstić information content (AvgIpc) is 3.40. The Morgan fingerprint density at radius 3 is 3.07 bits per heavy atom. The van der Waals surface area contributed by atoms with Gasteiger partial charge in [0.2, 0.25) is 17.7 Å². The molecule has 2 atom stereocenters. The Morgan fingerprint density at radius 2 is 2.34 bits per heavy atom. The van der Waals surface area contributed by atoms with Gasteiger partial charge in [-0.2, -0.15) is 15.1 Å². The van der Waals surface area contributed by atoms with Crippen LogP contribution in [-0.4, -0.2) is 54.2 Å². The molecule has 2 N–H and O–H groups in total. The van der Waals surface area contributed by atoms with E-state index in [0.717, 1.165) is 6.54 Å². The molecule has 3 aromatic heterocycles. The number of nitrogens with zero attached hydrogens (tertiary/aromatic N) is 5. The number of nitrogens with one attached hydrogen (secondary N) is 2. The highest BCUT2D eigenvalue weighted by atomic mass is 19.1. The van der Waals surface area contributed by atoms with Crippen LogP contribution < -0.4 is 10.1 Å². The maximum atomic E-state index is 14.3. The van der Waals surface area contributed by atoms with Crippen molar-refractivity contribution in [3.63, 3.8) is 0 Å². The summed E-state index contributed by atoms with van der Waals surface area (Å²) in [5, 5.41) is 7.44. The van der Waals surface area contributed by atoms with Crippen LogP contribution in [-0.2, 0) is 11.3 Å². The fourth-order valence-electron chi connectivity index (χ4n) is 3.48. The monoisotopic (exact) mass is 399 g/mol. The standard InChI is InChI=1S/C19H22FN7O2/c1-4-15(28)27-10-13(6-11(27)3)29-18-16-14(20)8-21-17(16)24-19(25-18)23-12-7-22-26(5-2)9-12/h4,7-9,11,13H,1,5-6,10H2,2-3H3,(H2,21,23,24,25)/t11-,13+/m0/s1. The average molecular weight is 399 g/mol. The Labute approximate surface area is 166 Å². The number of halogens is 1. The van der Waals surface area contributed by atoms with Crippen LogP contribution in [0.25, 0.3) is 11.0 Å². The normalized spacial score (nSPS) is 18.9. The van der Waals surface area contributed by atoms with Crippen LogP contribution in [0, 0.1) is 5.82 Å². The molecule has 0 radical (unpaired) electrons. The number of carbonyl (C=O) groups is 1. The van der Waals surface area contributed by atoms with E-state index in [0.29, 0.717) is 24.3 Å². The first-order valence-corrected chi connectivity index (χ1v) is 9.42. The minimum Gasteiger partial charge on any atom is -0.472 e. The Hall–Kier alpha value is -3.43. The van der Waals surface area contributed by atoms with Crippen LogP contribution in [0.1, 0.15) is 20.3 Å². The molecule has 3 aromatic rings. The molecule has 1 saturated heterocycles. The third-order valence-electron chi connectivity index (χ3n) is 4.94. The number of fused-ring (bicyclic) bond motifs is 1. The van der Waals surface area contributed by atoms with Crippen molar-refractivity contribution in [2.45, 2.75) is 39.0 Å². The van der Waals surface area contributed by atoms with E-state index in [1.807, 2.05) is 20.0 Å². The van der Waals surface area contributed by atoms with Crippen molar-refractivity contribution >= 4 is 28.6 Å². The fraction of sp³-hybridized carbons (Fsp3) is 0.368. The van der Waals surface area contributed by atoms with Crippen molar-refractivity contribution in [3.8, 4) is 5.88 Å². The lowest BCUT2D eigenvalue weighted by Gasteiger charge is -2.19. The molecule has 4 heterocycles. The molecule has 9 nitrogen and oxygen atoms in total. The molecular weight excluding hydrogens is 377 g/mol. The van der Waals surface area contributed by atoms with E-state index in [-0.39, 0.29) is 35.3 Å². The Morgan fingerprint density at radius 1 is 1.52 bits per heavy atom. The van der Waals surface area contributed by atoms with E-state index in [2.05, 4.69) is 31.9 Å². The molecule has 0 aromatic carbocycles. The Balaban J connectivity index is 1.61. The van der Waals surface area contributed by atoms with Crippen LogP contribution in [0.15, 0.2) is 31.2 Å². The number of anilines is 2. The van der Waals surface area contributed by atoms with Gasteiger partial charge in [-0.15, -0.1) is 0 Å². The quantitative estimate of drug-likeness (QED) is 0.618. The lowest BCUT2D eigenvalue weighted by atomic mass is 10.2. The summed E-state index contributed by atoms with van der Waals surface area (Å²) in [5.74, 6) is -0.260. The third kappa shape index (κ3) is 3.65. The lowest BCUT2D eigenvalue weighted by molar-refractivity contribution is -0.126. The highest BCUT2D eigenvalue weighted by Gasteiger charge is 2.33. The summed E-state index contributed by atoms with van der Waals surface area (Å²) in [6, 6.07) is -0.00335. The molecule has 29 heavy (non-hydrogen) atoms. The summed E-state index contributed by atoms with van der Waals surface area (Å²) < 4.78 is 22.1. The van der Waals surface area contributed by atoms with Crippen molar-refractivity contribution < 1.29 is 13.9 Å².